The zero-order chi connectivity index (χ0) is 12.3. The molecule has 5 nitrogen and oxygen atoms in total. The van der Waals surface area contributed by atoms with Gasteiger partial charge in [0, 0.05) is 0 Å². The summed E-state index contributed by atoms with van der Waals surface area (Å²) in [4.78, 5) is 11.8. The SMILES string of the molecule is CCOC(=O)c1c(CC)nnn1C(C)(C)C. The van der Waals surface area contributed by atoms with Crippen LogP contribution >= 0.6 is 0 Å². The van der Waals surface area contributed by atoms with Gasteiger partial charge in [-0.1, -0.05) is 12.1 Å². The summed E-state index contributed by atoms with van der Waals surface area (Å²) in [5.41, 5.74) is 0.882. The lowest BCUT2D eigenvalue weighted by atomic mass is 10.1. The predicted octanol–water partition coefficient (Wildman–Crippen LogP) is 1.77. The van der Waals surface area contributed by atoms with E-state index in [1.165, 1.54) is 0 Å². The highest BCUT2D eigenvalue weighted by atomic mass is 16.5. The molecule has 5 heteroatoms. The monoisotopic (exact) mass is 225 g/mol. The van der Waals surface area contributed by atoms with Crippen LogP contribution < -0.4 is 0 Å². The number of hydrogen-bond acceptors (Lipinski definition) is 4. The number of carbonyl (C=O) groups is 1. The van der Waals surface area contributed by atoms with Crippen LogP contribution in [0.2, 0.25) is 0 Å². The van der Waals surface area contributed by atoms with E-state index < -0.39 is 0 Å². The van der Waals surface area contributed by atoms with Crippen molar-refractivity contribution in [2.75, 3.05) is 6.61 Å². The molecule has 1 aromatic rings. The highest BCUT2D eigenvalue weighted by Gasteiger charge is 2.27. The van der Waals surface area contributed by atoms with Gasteiger partial charge in [0.25, 0.3) is 0 Å². The molecule has 0 fully saturated rings. The molecule has 0 saturated heterocycles. The fourth-order valence-electron chi connectivity index (χ4n) is 1.42. The third kappa shape index (κ3) is 2.40. The maximum absolute atomic E-state index is 11.8. The van der Waals surface area contributed by atoms with E-state index in [2.05, 4.69) is 10.3 Å². The Morgan fingerprint density at radius 3 is 2.44 bits per heavy atom. The second-order valence-corrected chi connectivity index (χ2v) is 4.54. The summed E-state index contributed by atoms with van der Waals surface area (Å²) in [7, 11) is 0. The van der Waals surface area contributed by atoms with E-state index in [1.54, 1.807) is 11.6 Å². The quantitative estimate of drug-likeness (QED) is 0.736. The van der Waals surface area contributed by atoms with Crippen molar-refractivity contribution in [3.8, 4) is 0 Å². The van der Waals surface area contributed by atoms with Crippen molar-refractivity contribution >= 4 is 5.97 Å². The van der Waals surface area contributed by atoms with Crippen LogP contribution in [0.25, 0.3) is 0 Å². The molecule has 16 heavy (non-hydrogen) atoms. The van der Waals surface area contributed by atoms with E-state index >= 15 is 0 Å². The van der Waals surface area contributed by atoms with Crippen molar-refractivity contribution in [2.24, 2.45) is 0 Å². The highest BCUT2D eigenvalue weighted by Crippen LogP contribution is 2.18. The number of rotatable bonds is 3. The van der Waals surface area contributed by atoms with E-state index in [4.69, 9.17) is 4.74 Å². The lowest BCUT2D eigenvalue weighted by Gasteiger charge is -2.20. The van der Waals surface area contributed by atoms with Gasteiger partial charge in [0.1, 0.15) is 0 Å². The summed E-state index contributed by atoms with van der Waals surface area (Å²) in [6.07, 6.45) is 0.671. The zero-order valence-corrected chi connectivity index (χ0v) is 10.6. The Hall–Kier alpha value is -1.39. The van der Waals surface area contributed by atoms with E-state index in [-0.39, 0.29) is 11.5 Å². The molecule has 90 valence electrons. The minimum Gasteiger partial charge on any atom is -0.461 e. The number of carbonyl (C=O) groups excluding carboxylic acids is 1. The molecule has 0 atom stereocenters. The van der Waals surface area contributed by atoms with Gasteiger partial charge >= 0.3 is 5.97 Å². The van der Waals surface area contributed by atoms with Crippen molar-refractivity contribution < 1.29 is 9.53 Å². The van der Waals surface area contributed by atoms with Gasteiger partial charge < -0.3 is 4.74 Å². The van der Waals surface area contributed by atoms with Crippen molar-refractivity contribution in [3.63, 3.8) is 0 Å². The van der Waals surface area contributed by atoms with Crippen LogP contribution in [0.15, 0.2) is 0 Å². The first-order valence-electron chi connectivity index (χ1n) is 5.54. The van der Waals surface area contributed by atoms with Gasteiger partial charge in [-0.05, 0) is 34.1 Å². The molecule has 0 bridgehead atoms. The Morgan fingerprint density at radius 1 is 1.38 bits per heavy atom. The van der Waals surface area contributed by atoms with Crippen LogP contribution in [-0.4, -0.2) is 27.6 Å². The fraction of sp³-hybridized carbons (Fsp3) is 0.727. The van der Waals surface area contributed by atoms with Crippen molar-refractivity contribution in [3.05, 3.63) is 11.4 Å². The molecule has 1 aromatic heterocycles. The van der Waals surface area contributed by atoms with Gasteiger partial charge in [0.05, 0.1) is 17.8 Å². The van der Waals surface area contributed by atoms with Crippen molar-refractivity contribution in [2.45, 2.75) is 46.6 Å². The predicted molar refractivity (Wildman–Crippen MR) is 60.4 cm³/mol. The summed E-state index contributed by atoms with van der Waals surface area (Å²) in [6, 6.07) is 0. The number of hydrogen-bond donors (Lipinski definition) is 0. The molecule has 0 amide bonds. The van der Waals surface area contributed by atoms with Gasteiger partial charge in [-0.25, -0.2) is 9.48 Å². The van der Waals surface area contributed by atoms with Gasteiger partial charge in [-0.3, -0.25) is 0 Å². The van der Waals surface area contributed by atoms with Gasteiger partial charge in [-0.2, -0.15) is 0 Å². The van der Waals surface area contributed by atoms with Crippen LogP contribution in [0.1, 0.15) is 50.8 Å². The van der Waals surface area contributed by atoms with Crippen LogP contribution in [0.3, 0.4) is 0 Å². The third-order valence-electron chi connectivity index (χ3n) is 2.18. The number of aromatic nitrogens is 3. The van der Waals surface area contributed by atoms with Crippen LogP contribution in [0.4, 0.5) is 0 Å². The number of nitrogens with zero attached hydrogens (tertiary/aromatic N) is 3. The van der Waals surface area contributed by atoms with Crippen LogP contribution in [0.5, 0.6) is 0 Å². The Labute approximate surface area is 95.8 Å². The molecule has 0 aliphatic heterocycles. The Morgan fingerprint density at radius 2 is 2.00 bits per heavy atom. The first-order valence-corrected chi connectivity index (χ1v) is 5.54. The Bertz CT molecular complexity index is 377. The normalized spacial score (nSPS) is 11.6. The van der Waals surface area contributed by atoms with Crippen LogP contribution in [-0.2, 0) is 16.7 Å². The average Bonchev–Trinajstić information content (AvgIpc) is 2.60. The summed E-state index contributed by atoms with van der Waals surface area (Å²) >= 11 is 0. The minimum atomic E-state index is -0.348. The minimum absolute atomic E-state index is 0.275. The average molecular weight is 225 g/mol. The molecule has 0 saturated carbocycles. The number of esters is 1. The van der Waals surface area contributed by atoms with E-state index in [0.29, 0.717) is 24.4 Å². The van der Waals surface area contributed by atoms with E-state index in [9.17, 15) is 4.79 Å². The summed E-state index contributed by atoms with van der Waals surface area (Å²) in [5, 5.41) is 8.04. The van der Waals surface area contributed by atoms with Gasteiger partial charge in [-0.15, -0.1) is 5.10 Å². The molecule has 0 unspecified atom stereocenters. The molecule has 1 rings (SSSR count). The molecule has 0 N–H and O–H groups in total. The first-order chi connectivity index (χ1) is 7.41. The fourth-order valence-corrected chi connectivity index (χ4v) is 1.42. The molecule has 0 aliphatic rings. The molecular weight excluding hydrogens is 206 g/mol. The first kappa shape index (κ1) is 12.7. The Balaban J connectivity index is 3.21. The van der Waals surface area contributed by atoms with Crippen molar-refractivity contribution in [1.82, 2.24) is 15.0 Å². The molecular formula is C11H19N3O2. The second kappa shape index (κ2) is 4.63. The van der Waals surface area contributed by atoms with Crippen LogP contribution in [0, 0.1) is 0 Å². The summed E-state index contributed by atoms with van der Waals surface area (Å²) in [5.74, 6) is -0.348. The lowest BCUT2D eigenvalue weighted by Crippen LogP contribution is -2.28. The molecule has 1 heterocycles. The highest BCUT2D eigenvalue weighted by molar-refractivity contribution is 5.88. The molecule has 0 aliphatic carbocycles. The largest absolute Gasteiger partial charge is 0.461 e. The Kier molecular flexibility index (Phi) is 3.67. The standard InChI is InChI=1S/C11H19N3O2/c1-6-8-9(10(15)16-7-2)14(13-12-8)11(3,4)5/h6-7H2,1-5H3. The third-order valence-corrected chi connectivity index (χ3v) is 2.18. The summed E-state index contributed by atoms with van der Waals surface area (Å²) in [6.45, 7) is 10.0. The van der Waals surface area contributed by atoms with E-state index in [0.717, 1.165) is 0 Å². The lowest BCUT2D eigenvalue weighted by molar-refractivity contribution is 0.0502. The topological polar surface area (TPSA) is 57.0 Å². The van der Waals surface area contributed by atoms with Crippen molar-refractivity contribution in [1.29, 1.82) is 0 Å². The number of ether oxygens (including phenoxy) is 1. The summed E-state index contributed by atoms with van der Waals surface area (Å²) < 4.78 is 6.65. The molecule has 0 aromatic carbocycles. The van der Waals surface area contributed by atoms with Gasteiger partial charge in [0.2, 0.25) is 0 Å². The maximum atomic E-state index is 11.8. The smallest absolute Gasteiger partial charge is 0.358 e. The second-order valence-electron chi connectivity index (χ2n) is 4.54. The van der Waals surface area contributed by atoms with Gasteiger partial charge in [0.15, 0.2) is 5.69 Å². The zero-order valence-electron chi connectivity index (χ0n) is 10.6. The molecule has 0 radical (unpaired) electrons. The maximum Gasteiger partial charge on any atom is 0.358 e. The number of aryl methyl sites for hydroxylation is 1. The molecule has 0 spiro atoms. The van der Waals surface area contributed by atoms with E-state index in [1.807, 2.05) is 27.7 Å².